The number of H-pyrrole nitrogens is 1. The Bertz CT molecular complexity index is 1040. The largest absolute Gasteiger partial charge is 0.297 e. The zero-order valence-electron chi connectivity index (χ0n) is 17.3. The lowest BCUT2D eigenvalue weighted by molar-refractivity contribution is 0.242. The number of rotatable bonds is 7. The van der Waals surface area contributed by atoms with Crippen molar-refractivity contribution in [3.63, 3.8) is 0 Å². The molecule has 2 aliphatic rings. The molecule has 2 saturated carbocycles. The topological polar surface area (TPSA) is 71.0 Å². The number of fused-ring (bicyclic) bond motifs is 2. The van der Waals surface area contributed by atoms with Crippen molar-refractivity contribution in [1.29, 1.82) is 0 Å². The van der Waals surface area contributed by atoms with Crippen LogP contribution in [0.4, 0.5) is 0 Å². The maximum absolute atomic E-state index is 13.0. The van der Waals surface area contributed by atoms with Gasteiger partial charge in [-0.3, -0.25) is 9.67 Å². The van der Waals surface area contributed by atoms with E-state index in [0.717, 1.165) is 23.2 Å². The first kappa shape index (κ1) is 20.8. The van der Waals surface area contributed by atoms with Gasteiger partial charge in [-0.2, -0.15) is 9.40 Å². The van der Waals surface area contributed by atoms with Crippen LogP contribution >= 0.6 is 12.2 Å². The highest BCUT2D eigenvalue weighted by atomic mass is 32.2. The highest BCUT2D eigenvalue weighted by Gasteiger charge is 2.43. The summed E-state index contributed by atoms with van der Waals surface area (Å²) >= 11 is 5.57. The lowest BCUT2D eigenvalue weighted by atomic mass is 9.84. The fourth-order valence-electron chi connectivity index (χ4n) is 5.47. The molecule has 4 unspecified atom stereocenters. The molecule has 0 amide bonds. The van der Waals surface area contributed by atoms with Crippen LogP contribution in [0.15, 0.2) is 29.2 Å². The number of benzene rings is 1. The van der Waals surface area contributed by atoms with Crippen LogP contribution < -0.4 is 0 Å². The third kappa shape index (κ3) is 3.59. The standard InChI is InChI=1S/C21H30N4O2S2/c1-4-24(5-2)29(26,27)18-8-6-7-17(13-18)20-22-23-21(28)25(20)14(3)19-12-15-9-10-16(19)11-15/h6-8,13-16,19H,4-5,9-12H2,1-3H3,(H,23,28). The number of nitrogens with one attached hydrogen (secondary N) is 1. The van der Waals surface area contributed by atoms with Gasteiger partial charge in [0, 0.05) is 24.7 Å². The predicted octanol–water partition coefficient (Wildman–Crippen LogP) is 4.64. The van der Waals surface area contributed by atoms with Gasteiger partial charge in [0.05, 0.1) is 4.90 Å². The summed E-state index contributed by atoms with van der Waals surface area (Å²) in [5, 5.41) is 7.43. The van der Waals surface area contributed by atoms with E-state index in [2.05, 4.69) is 21.7 Å². The van der Waals surface area contributed by atoms with Gasteiger partial charge in [-0.05, 0) is 68.3 Å². The Hall–Kier alpha value is -1.51. The molecule has 0 spiro atoms. The molecule has 6 nitrogen and oxygen atoms in total. The highest BCUT2D eigenvalue weighted by molar-refractivity contribution is 7.89. The second-order valence-electron chi connectivity index (χ2n) is 8.42. The average molecular weight is 435 g/mol. The van der Waals surface area contributed by atoms with Gasteiger partial charge in [-0.25, -0.2) is 8.42 Å². The summed E-state index contributed by atoms with van der Waals surface area (Å²) in [5.74, 6) is 2.97. The molecule has 8 heteroatoms. The van der Waals surface area contributed by atoms with Gasteiger partial charge in [0.15, 0.2) is 10.6 Å². The second-order valence-corrected chi connectivity index (χ2v) is 10.7. The van der Waals surface area contributed by atoms with Crippen molar-refractivity contribution in [2.45, 2.75) is 57.4 Å². The normalized spacial score (nSPS) is 25.0. The quantitative estimate of drug-likeness (QED) is 0.645. The minimum Gasteiger partial charge on any atom is -0.297 e. The van der Waals surface area contributed by atoms with Crippen LogP contribution in [0.5, 0.6) is 0 Å². The van der Waals surface area contributed by atoms with E-state index in [1.165, 1.54) is 30.0 Å². The SMILES string of the molecule is CCN(CC)S(=O)(=O)c1cccc(-c2n[nH]c(=S)n2C(C)C2CC3CCC2C3)c1. The summed E-state index contributed by atoms with van der Waals surface area (Å²) in [4.78, 5) is 0.298. The van der Waals surface area contributed by atoms with E-state index in [1.54, 1.807) is 18.2 Å². The fourth-order valence-corrected chi connectivity index (χ4v) is 7.27. The molecule has 0 saturated heterocycles. The molecule has 29 heavy (non-hydrogen) atoms. The van der Waals surface area contributed by atoms with Crippen molar-refractivity contribution in [3.05, 3.63) is 29.0 Å². The molecule has 1 heterocycles. The first-order chi connectivity index (χ1) is 13.9. The van der Waals surface area contributed by atoms with Gasteiger partial charge < -0.3 is 0 Å². The van der Waals surface area contributed by atoms with Gasteiger partial charge in [-0.1, -0.05) is 32.4 Å². The van der Waals surface area contributed by atoms with E-state index in [1.807, 2.05) is 19.9 Å². The summed E-state index contributed by atoms with van der Waals surface area (Å²) in [5.41, 5.74) is 0.778. The van der Waals surface area contributed by atoms with Crippen LogP contribution in [0, 0.1) is 22.5 Å². The predicted molar refractivity (Wildman–Crippen MR) is 117 cm³/mol. The Balaban J connectivity index is 1.71. The maximum atomic E-state index is 13.0. The second kappa shape index (κ2) is 7.96. The van der Waals surface area contributed by atoms with Crippen LogP contribution in [-0.4, -0.2) is 40.6 Å². The molecule has 4 atom stereocenters. The fraction of sp³-hybridized carbons (Fsp3) is 0.619. The molecule has 158 valence electrons. The molecule has 4 rings (SSSR count). The van der Waals surface area contributed by atoms with Crippen molar-refractivity contribution in [2.24, 2.45) is 17.8 Å². The summed E-state index contributed by atoms with van der Waals surface area (Å²) in [6.07, 6.45) is 5.28. The van der Waals surface area contributed by atoms with E-state index < -0.39 is 10.0 Å². The molecule has 2 aliphatic carbocycles. The number of hydrogen-bond donors (Lipinski definition) is 1. The Kier molecular flexibility index (Phi) is 5.70. The van der Waals surface area contributed by atoms with E-state index in [0.29, 0.717) is 28.7 Å². The van der Waals surface area contributed by atoms with Gasteiger partial charge >= 0.3 is 0 Å². The molecular weight excluding hydrogens is 404 g/mol. The van der Waals surface area contributed by atoms with Crippen LogP contribution in [0.2, 0.25) is 0 Å². The summed E-state index contributed by atoms with van der Waals surface area (Å²) in [6.45, 7) is 6.84. The molecule has 0 radical (unpaired) electrons. The first-order valence-electron chi connectivity index (χ1n) is 10.6. The van der Waals surface area contributed by atoms with Gasteiger partial charge in [0.1, 0.15) is 0 Å². The maximum Gasteiger partial charge on any atom is 0.243 e. The van der Waals surface area contributed by atoms with Crippen molar-refractivity contribution in [2.75, 3.05) is 13.1 Å². The van der Waals surface area contributed by atoms with Crippen LogP contribution in [-0.2, 0) is 10.0 Å². The number of aromatic amines is 1. The van der Waals surface area contributed by atoms with Crippen LogP contribution in [0.3, 0.4) is 0 Å². The molecule has 2 bridgehead atoms. The number of hydrogen-bond acceptors (Lipinski definition) is 4. The monoisotopic (exact) mass is 434 g/mol. The van der Waals surface area contributed by atoms with Crippen LogP contribution in [0.25, 0.3) is 11.4 Å². The minimum absolute atomic E-state index is 0.245. The van der Waals surface area contributed by atoms with E-state index >= 15 is 0 Å². The molecule has 0 aliphatic heterocycles. The van der Waals surface area contributed by atoms with E-state index in [4.69, 9.17) is 12.2 Å². The Labute approximate surface area is 178 Å². The average Bonchev–Trinajstić information content (AvgIpc) is 3.44. The van der Waals surface area contributed by atoms with Gasteiger partial charge in [0.25, 0.3) is 0 Å². The molecule has 1 aromatic heterocycles. The number of nitrogens with zero attached hydrogens (tertiary/aromatic N) is 3. The Morgan fingerprint density at radius 3 is 2.66 bits per heavy atom. The van der Waals surface area contributed by atoms with Crippen molar-refractivity contribution >= 4 is 22.2 Å². The van der Waals surface area contributed by atoms with E-state index in [9.17, 15) is 8.42 Å². The van der Waals surface area contributed by atoms with Gasteiger partial charge in [-0.15, -0.1) is 0 Å². The Morgan fingerprint density at radius 2 is 2.03 bits per heavy atom. The van der Waals surface area contributed by atoms with Crippen molar-refractivity contribution in [1.82, 2.24) is 19.1 Å². The smallest absolute Gasteiger partial charge is 0.243 e. The van der Waals surface area contributed by atoms with Gasteiger partial charge in [0.2, 0.25) is 10.0 Å². The molecule has 1 aromatic carbocycles. The number of aromatic nitrogens is 3. The zero-order chi connectivity index (χ0) is 20.8. The number of sulfonamides is 1. The third-order valence-electron chi connectivity index (χ3n) is 6.96. The molecule has 1 N–H and O–H groups in total. The lowest BCUT2D eigenvalue weighted by Gasteiger charge is -2.29. The van der Waals surface area contributed by atoms with Crippen molar-refractivity contribution < 1.29 is 8.42 Å². The highest BCUT2D eigenvalue weighted by Crippen LogP contribution is 2.52. The summed E-state index contributed by atoms with van der Waals surface area (Å²) in [6, 6.07) is 7.33. The lowest BCUT2D eigenvalue weighted by Crippen LogP contribution is -2.30. The van der Waals surface area contributed by atoms with E-state index in [-0.39, 0.29) is 6.04 Å². The van der Waals surface area contributed by atoms with Crippen molar-refractivity contribution in [3.8, 4) is 11.4 Å². The minimum atomic E-state index is -3.52. The van der Waals surface area contributed by atoms with Crippen LogP contribution in [0.1, 0.15) is 52.5 Å². The Morgan fingerprint density at radius 1 is 1.28 bits per heavy atom. The molecule has 2 aromatic rings. The zero-order valence-corrected chi connectivity index (χ0v) is 19.0. The third-order valence-corrected chi connectivity index (χ3v) is 9.29. The first-order valence-corrected chi connectivity index (χ1v) is 12.5. The summed E-state index contributed by atoms with van der Waals surface area (Å²) < 4.78 is 30.1. The summed E-state index contributed by atoms with van der Waals surface area (Å²) in [7, 11) is -3.52. The molecular formula is C21H30N4O2S2. The molecule has 2 fully saturated rings.